The van der Waals surface area contributed by atoms with Gasteiger partial charge in [0.25, 0.3) is 11.5 Å². The van der Waals surface area contributed by atoms with Crippen LogP contribution in [0.2, 0.25) is 0 Å². The lowest BCUT2D eigenvalue weighted by Gasteiger charge is -2.24. The first kappa shape index (κ1) is 14.8. The summed E-state index contributed by atoms with van der Waals surface area (Å²) in [6.45, 7) is 0.521. The number of thioether (sulfide) groups is 1. The Bertz CT molecular complexity index is 777. The lowest BCUT2D eigenvalue weighted by Crippen LogP contribution is -2.33. The van der Waals surface area contributed by atoms with E-state index >= 15 is 0 Å². The number of nitrogens with zero attached hydrogens (tertiary/aromatic N) is 3. The number of aromatic nitrogens is 2. The molecular weight excluding hydrogens is 305 g/mol. The molecule has 0 aliphatic carbocycles. The molecule has 0 saturated carbocycles. The fourth-order valence-electron chi connectivity index (χ4n) is 2.37. The number of benzene rings is 1. The Morgan fingerprint density at radius 1 is 1.32 bits per heavy atom. The van der Waals surface area contributed by atoms with E-state index in [1.807, 2.05) is 0 Å². The first-order valence-corrected chi connectivity index (χ1v) is 7.84. The molecule has 0 radical (unpaired) electrons. The van der Waals surface area contributed by atoms with Gasteiger partial charge >= 0.3 is 0 Å². The summed E-state index contributed by atoms with van der Waals surface area (Å²) in [7, 11) is 1.49. The number of carbonyl (C=O) groups excluding carboxylic acids is 1. The van der Waals surface area contributed by atoms with E-state index in [9.17, 15) is 14.0 Å². The second kappa shape index (κ2) is 5.92. The number of hydrogen-bond donors (Lipinski definition) is 0. The fraction of sp³-hybridized carbons (Fsp3) is 0.267. The third-order valence-electron chi connectivity index (χ3n) is 3.50. The number of halogens is 1. The Morgan fingerprint density at radius 3 is 2.82 bits per heavy atom. The number of hydrogen-bond acceptors (Lipinski definition) is 4. The van der Waals surface area contributed by atoms with E-state index in [0.29, 0.717) is 12.1 Å². The van der Waals surface area contributed by atoms with Gasteiger partial charge < -0.3 is 4.90 Å². The summed E-state index contributed by atoms with van der Waals surface area (Å²) in [5.41, 5.74) is 0.395. The lowest BCUT2D eigenvalue weighted by molar-refractivity contribution is 0.0750. The molecular formula is C15H14FN3O2S. The molecule has 1 saturated heterocycles. The van der Waals surface area contributed by atoms with Gasteiger partial charge in [0.1, 0.15) is 16.9 Å². The standard InChI is InChI=1S/C15H14FN3O2S/c1-18-13(20)7-6-12(17-18)14(21)19-8-9-22-15(19)10-4-2-3-5-11(10)16/h2-7,15H,8-9H2,1H3. The minimum atomic E-state index is -0.368. The molecule has 1 aromatic heterocycles. The van der Waals surface area contributed by atoms with Gasteiger partial charge in [0, 0.05) is 31.0 Å². The average Bonchev–Trinajstić information content (AvgIpc) is 2.99. The first-order valence-electron chi connectivity index (χ1n) is 6.79. The van der Waals surface area contributed by atoms with Crippen molar-refractivity contribution < 1.29 is 9.18 Å². The van der Waals surface area contributed by atoms with Crippen LogP contribution in [0.4, 0.5) is 4.39 Å². The molecule has 2 aromatic rings. The molecule has 1 atom stereocenters. The summed E-state index contributed by atoms with van der Waals surface area (Å²) in [5, 5.41) is 3.61. The van der Waals surface area contributed by atoms with Gasteiger partial charge in [-0.2, -0.15) is 5.10 Å². The van der Waals surface area contributed by atoms with Crippen LogP contribution in [0, 0.1) is 5.82 Å². The predicted molar refractivity (Wildman–Crippen MR) is 82.1 cm³/mol. The maximum Gasteiger partial charge on any atom is 0.275 e. The van der Waals surface area contributed by atoms with Crippen molar-refractivity contribution in [1.29, 1.82) is 0 Å². The van der Waals surface area contributed by atoms with E-state index in [-0.39, 0.29) is 28.4 Å². The predicted octanol–water partition coefficient (Wildman–Crippen LogP) is 1.81. The van der Waals surface area contributed by atoms with Crippen LogP contribution in [-0.4, -0.2) is 32.9 Å². The molecule has 1 aromatic carbocycles. The summed E-state index contributed by atoms with van der Waals surface area (Å²) in [6.07, 6.45) is 0. The average molecular weight is 319 g/mol. The Kier molecular flexibility index (Phi) is 3.98. The fourth-order valence-corrected chi connectivity index (χ4v) is 3.65. The van der Waals surface area contributed by atoms with Crippen molar-refractivity contribution >= 4 is 17.7 Å². The van der Waals surface area contributed by atoms with Gasteiger partial charge in [0.15, 0.2) is 0 Å². The van der Waals surface area contributed by atoms with Crippen LogP contribution in [0.5, 0.6) is 0 Å². The number of rotatable bonds is 2. The van der Waals surface area contributed by atoms with E-state index < -0.39 is 0 Å². The summed E-state index contributed by atoms with van der Waals surface area (Å²) in [5.74, 6) is 0.109. The van der Waals surface area contributed by atoms with Crippen molar-refractivity contribution in [3.05, 3.63) is 63.8 Å². The second-order valence-corrected chi connectivity index (χ2v) is 6.11. The second-order valence-electron chi connectivity index (χ2n) is 4.92. The molecule has 0 N–H and O–H groups in total. The molecule has 1 aliphatic rings. The molecule has 0 spiro atoms. The van der Waals surface area contributed by atoms with E-state index in [1.54, 1.807) is 23.1 Å². The normalized spacial score (nSPS) is 17.7. The lowest BCUT2D eigenvalue weighted by atomic mass is 10.2. The van der Waals surface area contributed by atoms with Crippen molar-refractivity contribution in [2.24, 2.45) is 7.05 Å². The zero-order valence-electron chi connectivity index (χ0n) is 11.9. The molecule has 22 heavy (non-hydrogen) atoms. The van der Waals surface area contributed by atoms with Crippen molar-refractivity contribution in [2.75, 3.05) is 12.3 Å². The molecule has 7 heteroatoms. The third kappa shape index (κ3) is 2.64. The topological polar surface area (TPSA) is 55.2 Å². The smallest absolute Gasteiger partial charge is 0.275 e. The van der Waals surface area contributed by atoms with Crippen molar-refractivity contribution in [2.45, 2.75) is 5.37 Å². The van der Waals surface area contributed by atoms with Crippen molar-refractivity contribution in [1.82, 2.24) is 14.7 Å². The van der Waals surface area contributed by atoms with Gasteiger partial charge in [-0.15, -0.1) is 11.8 Å². The Balaban J connectivity index is 1.93. The Labute approximate surface area is 130 Å². The minimum absolute atomic E-state index is 0.186. The van der Waals surface area contributed by atoms with Crippen LogP contribution >= 0.6 is 11.8 Å². The highest BCUT2D eigenvalue weighted by atomic mass is 32.2. The quantitative estimate of drug-likeness (QED) is 0.847. The van der Waals surface area contributed by atoms with Crippen molar-refractivity contribution in [3.63, 3.8) is 0 Å². The van der Waals surface area contributed by atoms with Crippen LogP contribution in [0.25, 0.3) is 0 Å². The number of aryl methyl sites for hydroxylation is 1. The highest BCUT2D eigenvalue weighted by Gasteiger charge is 2.33. The van der Waals surface area contributed by atoms with Crippen LogP contribution in [-0.2, 0) is 7.05 Å². The summed E-state index contributed by atoms with van der Waals surface area (Å²) in [4.78, 5) is 25.6. The molecule has 1 fully saturated rings. The molecule has 3 rings (SSSR count). The molecule has 5 nitrogen and oxygen atoms in total. The zero-order valence-corrected chi connectivity index (χ0v) is 12.7. The highest BCUT2D eigenvalue weighted by Crippen LogP contribution is 2.39. The van der Waals surface area contributed by atoms with Gasteiger partial charge in [-0.3, -0.25) is 9.59 Å². The van der Waals surface area contributed by atoms with Gasteiger partial charge in [-0.1, -0.05) is 18.2 Å². The maximum absolute atomic E-state index is 14.0. The van der Waals surface area contributed by atoms with E-state index in [2.05, 4.69) is 5.10 Å². The van der Waals surface area contributed by atoms with Crippen LogP contribution in [0.1, 0.15) is 21.4 Å². The van der Waals surface area contributed by atoms with Gasteiger partial charge in [-0.25, -0.2) is 9.07 Å². The van der Waals surface area contributed by atoms with Crippen LogP contribution in [0.15, 0.2) is 41.2 Å². The minimum Gasteiger partial charge on any atom is -0.320 e. The summed E-state index contributed by atoms with van der Waals surface area (Å²) < 4.78 is 15.1. The molecule has 0 bridgehead atoms. The zero-order chi connectivity index (χ0) is 15.7. The monoisotopic (exact) mass is 319 g/mol. The summed E-state index contributed by atoms with van der Waals surface area (Å²) >= 11 is 1.52. The largest absolute Gasteiger partial charge is 0.320 e. The molecule has 2 heterocycles. The van der Waals surface area contributed by atoms with E-state index in [4.69, 9.17) is 0 Å². The highest BCUT2D eigenvalue weighted by molar-refractivity contribution is 7.99. The van der Waals surface area contributed by atoms with Gasteiger partial charge in [0.2, 0.25) is 0 Å². The molecule has 114 valence electrons. The third-order valence-corrected chi connectivity index (χ3v) is 4.75. The van der Waals surface area contributed by atoms with Crippen LogP contribution < -0.4 is 5.56 Å². The van der Waals surface area contributed by atoms with Gasteiger partial charge in [-0.05, 0) is 12.1 Å². The van der Waals surface area contributed by atoms with E-state index in [1.165, 1.54) is 37.0 Å². The van der Waals surface area contributed by atoms with Crippen LogP contribution in [0.3, 0.4) is 0 Å². The Morgan fingerprint density at radius 2 is 2.09 bits per heavy atom. The number of carbonyl (C=O) groups is 1. The van der Waals surface area contributed by atoms with Crippen molar-refractivity contribution in [3.8, 4) is 0 Å². The molecule has 1 aliphatic heterocycles. The first-order chi connectivity index (χ1) is 10.6. The SMILES string of the molecule is Cn1nc(C(=O)N2CCSC2c2ccccc2F)ccc1=O. The van der Waals surface area contributed by atoms with E-state index in [0.717, 1.165) is 10.4 Å². The molecule has 1 amide bonds. The number of amides is 1. The summed E-state index contributed by atoms with van der Waals surface area (Å²) in [6, 6.07) is 9.17. The van der Waals surface area contributed by atoms with Gasteiger partial charge in [0.05, 0.1) is 0 Å². The maximum atomic E-state index is 14.0. The molecule has 1 unspecified atom stereocenters. The Hall–Kier alpha value is -2.15.